The Kier molecular flexibility index (Phi) is 4.85. The van der Waals surface area contributed by atoms with Gasteiger partial charge in [-0.05, 0) is 24.3 Å². The zero-order valence-corrected chi connectivity index (χ0v) is 14.0. The molecule has 0 saturated carbocycles. The van der Waals surface area contributed by atoms with Gasteiger partial charge < -0.3 is 19.5 Å². The third kappa shape index (κ3) is 3.56. The van der Waals surface area contributed by atoms with Gasteiger partial charge in [-0.2, -0.15) is 0 Å². The van der Waals surface area contributed by atoms with Crippen LogP contribution in [0.5, 0.6) is 5.75 Å². The maximum Gasteiger partial charge on any atom is 0.348 e. The number of carbonyl (C=O) groups is 2. The lowest BCUT2D eigenvalue weighted by molar-refractivity contribution is -0.162. The van der Waals surface area contributed by atoms with Crippen molar-refractivity contribution in [2.75, 3.05) is 26.8 Å². The molecule has 1 saturated heterocycles. The van der Waals surface area contributed by atoms with Crippen molar-refractivity contribution in [3.63, 3.8) is 0 Å². The van der Waals surface area contributed by atoms with E-state index in [-0.39, 0.29) is 25.4 Å². The number of aliphatic carboxylic acids is 1. The number of carboxylic acids is 1. The van der Waals surface area contributed by atoms with Crippen molar-refractivity contribution in [3.05, 3.63) is 36.5 Å². The van der Waals surface area contributed by atoms with Gasteiger partial charge in [-0.25, -0.2) is 4.79 Å². The standard InChI is InChI=1S/C18H20N2O5/c1-24-12-16(21)20-9-6-18(7-10-20,17(22)23)25-14-4-5-15-13(11-14)3-2-8-19-15/h2-5,8,11H,6-7,9-10,12H2,1H3,(H,22,23). The predicted octanol–water partition coefficient (Wildman–Crippen LogP) is 1.71. The number of hydrogen-bond acceptors (Lipinski definition) is 5. The zero-order chi connectivity index (χ0) is 17.9. The number of fused-ring (bicyclic) bond motifs is 1. The van der Waals surface area contributed by atoms with Gasteiger partial charge in [0, 0.05) is 44.6 Å². The molecular formula is C18H20N2O5. The van der Waals surface area contributed by atoms with E-state index in [4.69, 9.17) is 9.47 Å². The molecule has 0 radical (unpaired) electrons. The Morgan fingerprint density at radius 3 is 2.72 bits per heavy atom. The van der Waals surface area contributed by atoms with Crippen LogP contribution in [-0.2, 0) is 14.3 Å². The van der Waals surface area contributed by atoms with E-state index < -0.39 is 11.6 Å². The molecule has 1 N–H and O–H groups in total. The molecule has 1 aliphatic heterocycles. The lowest BCUT2D eigenvalue weighted by Gasteiger charge is -2.38. The Morgan fingerprint density at radius 2 is 2.04 bits per heavy atom. The molecule has 3 rings (SSSR count). The highest BCUT2D eigenvalue weighted by atomic mass is 16.5. The van der Waals surface area contributed by atoms with Crippen LogP contribution in [0.1, 0.15) is 12.8 Å². The summed E-state index contributed by atoms with van der Waals surface area (Å²) in [6.45, 7) is 0.645. The van der Waals surface area contributed by atoms with Crippen LogP contribution in [0.2, 0.25) is 0 Å². The fraction of sp³-hybridized carbons (Fsp3) is 0.389. The Hall–Kier alpha value is -2.67. The van der Waals surface area contributed by atoms with Crippen LogP contribution in [0, 0.1) is 0 Å². The van der Waals surface area contributed by atoms with Gasteiger partial charge in [-0.1, -0.05) is 6.07 Å². The molecule has 0 spiro atoms. The Balaban J connectivity index is 1.77. The highest BCUT2D eigenvalue weighted by Gasteiger charge is 2.44. The molecule has 1 aromatic carbocycles. The first-order valence-corrected chi connectivity index (χ1v) is 8.08. The summed E-state index contributed by atoms with van der Waals surface area (Å²) in [6, 6.07) is 9.03. The first-order valence-electron chi connectivity index (χ1n) is 8.08. The van der Waals surface area contributed by atoms with Crippen molar-refractivity contribution in [1.29, 1.82) is 0 Å². The van der Waals surface area contributed by atoms with E-state index in [1.54, 1.807) is 29.3 Å². The minimum atomic E-state index is -1.33. The number of methoxy groups -OCH3 is 1. The molecule has 132 valence electrons. The molecule has 1 fully saturated rings. The first kappa shape index (κ1) is 17.2. The van der Waals surface area contributed by atoms with Crippen molar-refractivity contribution >= 4 is 22.8 Å². The highest BCUT2D eigenvalue weighted by molar-refractivity contribution is 5.82. The van der Waals surface area contributed by atoms with Crippen molar-refractivity contribution in [2.24, 2.45) is 0 Å². The quantitative estimate of drug-likeness (QED) is 0.888. The van der Waals surface area contributed by atoms with Crippen molar-refractivity contribution in [1.82, 2.24) is 9.88 Å². The van der Waals surface area contributed by atoms with E-state index >= 15 is 0 Å². The summed E-state index contributed by atoms with van der Waals surface area (Å²) in [6.07, 6.45) is 2.15. The normalized spacial score (nSPS) is 16.6. The molecule has 1 amide bonds. The molecule has 2 heterocycles. The second-order valence-corrected chi connectivity index (χ2v) is 6.07. The number of amides is 1. The number of likely N-dealkylation sites (tertiary alicyclic amines) is 1. The largest absolute Gasteiger partial charge is 0.478 e. The first-order chi connectivity index (χ1) is 12.0. The van der Waals surface area contributed by atoms with Crippen molar-refractivity contribution in [3.8, 4) is 5.75 Å². The summed E-state index contributed by atoms with van der Waals surface area (Å²) in [5.74, 6) is -0.671. The average molecular weight is 344 g/mol. The Morgan fingerprint density at radius 1 is 1.28 bits per heavy atom. The summed E-state index contributed by atoms with van der Waals surface area (Å²) in [5, 5.41) is 10.6. The lowest BCUT2D eigenvalue weighted by atomic mass is 9.91. The molecule has 1 aromatic heterocycles. The molecule has 0 atom stereocenters. The number of piperidine rings is 1. The van der Waals surface area contributed by atoms with Crippen LogP contribution in [0.15, 0.2) is 36.5 Å². The van der Waals surface area contributed by atoms with E-state index in [0.29, 0.717) is 18.8 Å². The number of carboxylic acid groups (broad SMARTS) is 1. The lowest BCUT2D eigenvalue weighted by Crippen LogP contribution is -2.54. The van der Waals surface area contributed by atoms with E-state index in [2.05, 4.69) is 4.98 Å². The number of rotatable bonds is 5. The topological polar surface area (TPSA) is 89.0 Å². The van der Waals surface area contributed by atoms with Gasteiger partial charge in [-0.3, -0.25) is 9.78 Å². The Bertz CT molecular complexity index is 784. The van der Waals surface area contributed by atoms with Crippen molar-refractivity contribution in [2.45, 2.75) is 18.4 Å². The maximum absolute atomic E-state index is 11.9. The van der Waals surface area contributed by atoms with Gasteiger partial charge in [0.25, 0.3) is 0 Å². The molecule has 25 heavy (non-hydrogen) atoms. The predicted molar refractivity (Wildman–Crippen MR) is 90.4 cm³/mol. The van der Waals surface area contributed by atoms with E-state index in [1.807, 2.05) is 12.1 Å². The van der Waals surface area contributed by atoms with E-state index in [0.717, 1.165) is 10.9 Å². The van der Waals surface area contributed by atoms with Crippen LogP contribution < -0.4 is 4.74 Å². The fourth-order valence-electron chi connectivity index (χ4n) is 3.03. The zero-order valence-electron chi connectivity index (χ0n) is 14.0. The van der Waals surface area contributed by atoms with Crippen molar-refractivity contribution < 1.29 is 24.2 Å². The molecule has 0 unspecified atom stereocenters. The van der Waals surface area contributed by atoms with Gasteiger partial charge in [0.05, 0.1) is 5.52 Å². The van der Waals surface area contributed by atoms with Crippen LogP contribution in [0.3, 0.4) is 0 Å². The number of ether oxygens (including phenoxy) is 2. The monoisotopic (exact) mass is 344 g/mol. The SMILES string of the molecule is COCC(=O)N1CCC(Oc2ccc3ncccc3c2)(C(=O)O)CC1. The molecule has 1 aliphatic rings. The summed E-state index contributed by atoms with van der Waals surface area (Å²) < 4.78 is 10.8. The second-order valence-electron chi connectivity index (χ2n) is 6.07. The van der Waals surface area contributed by atoms with Crippen LogP contribution in [0.4, 0.5) is 0 Å². The van der Waals surface area contributed by atoms with Crippen LogP contribution >= 0.6 is 0 Å². The molecule has 0 aliphatic carbocycles. The third-order valence-corrected chi connectivity index (χ3v) is 4.47. The number of nitrogens with zero attached hydrogens (tertiary/aromatic N) is 2. The third-order valence-electron chi connectivity index (χ3n) is 4.47. The summed E-state index contributed by atoms with van der Waals surface area (Å²) in [4.78, 5) is 29.6. The molecule has 7 heteroatoms. The average Bonchev–Trinajstić information content (AvgIpc) is 2.62. The number of aromatic nitrogens is 1. The summed E-state index contributed by atoms with van der Waals surface area (Å²) >= 11 is 0. The number of benzene rings is 1. The molecule has 2 aromatic rings. The van der Waals surface area contributed by atoms with E-state index in [1.165, 1.54) is 7.11 Å². The summed E-state index contributed by atoms with van der Waals surface area (Å²) in [7, 11) is 1.46. The number of pyridine rings is 1. The second kappa shape index (κ2) is 7.06. The van der Waals surface area contributed by atoms with Gasteiger partial charge in [0.2, 0.25) is 11.5 Å². The highest BCUT2D eigenvalue weighted by Crippen LogP contribution is 2.31. The van der Waals surface area contributed by atoms with E-state index in [9.17, 15) is 14.7 Å². The van der Waals surface area contributed by atoms with Gasteiger partial charge in [-0.15, -0.1) is 0 Å². The molecule has 7 nitrogen and oxygen atoms in total. The number of hydrogen-bond donors (Lipinski definition) is 1. The molecular weight excluding hydrogens is 324 g/mol. The van der Waals surface area contributed by atoms with Crippen LogP contribution in [-0.4, -0.2) is 59.3 Å². The maximum atomic E-state index is 11.9. The number of carbonyl (C=O) groups excluding carboxylic acids is 1. The minimum Gasteiger partial charge on any atom is -0.478 e. The van der Waals surface area contributed by atoms with Gasteiger partial charge in [0.15, 0.2) is 0 Å². The van der Waals surface area contributed by atoms with Gasteiger partial charge in [0.1, 0.15) is 12.4 Å². The molecule has 0 bridgehead atoms. The fourth-order valence-corrected chi connectivity index (χ4v) is 3.03. The Labute approximate surface area is 145 Å². The summed E-state index contributed by atoms with van der Waals surface area (Å²) in [5.41, 5.74) is -0.515. The van der Waals surface area contributed by atoms with Crippen LogP contribution in [0.25, 0.3) is 10.9 Å². The minimum absolute atomic E-state index is 0.00139. The smallest absolute Gasteiger partial charge is 0.348 e. The van der Waals surface area contributed by atoms with Gasteiger partial charge >= 0.3 is 5.97 Å².